The van der Waals surface area contributed by atoms with Crippen LogP contribution in [0.4, 0.5) is 5.69 Å². The van der Waals surface area contributed by atoms with Gasteiger partial charge in [0, 0.05) is 17.8 Å². The predicted octanol–water partition coefficient (Wildman–Crippen LogP) is 3.27. The number of nitrogens with one attached hydrogen (secondary N) is 1. The first-order valence-corrected chi connectivity index (χ1v) is 5.08. The van der Waals surface area contributed by atoms with Crippen molar-refractivity contribution in [2.24, 2.45) is 0 Å². The van der Waals surface area contributed by atoms with Crippen molar-refractivity contribution in [1.82, 2.24) is 0 Å². The quantitative estimate of drug-likeness (QED) is 0.746. The summed E-state index contributed by atoms with van der Waals surface area (Å²) in [5.41, 5.74) is 2.82. The molecule has 0 unspecified atom stereocenters. The van der Waals surface area contributed by atoms with Crippen molar-refractivity contribution in [3.8, 4) is 0 Å². The summed E-state index contributed by atoms with van der Waals surface area (Å²) in [5, 5.41) is 3.19. The molecule has 0 atom stereocenters. The lowest BCUT2D eigenvalue weighted by Crippen LogP contribution is -2.00. The van der Waals surface area contributed by atoms with Gasteiger partial charge in [0.15, 0.2) is 0 Å². The highest BCUT2D eigenvalue weighted by molar-refractivity contribution is 5.80. The van der Waals surface area contributed by atoms with E-state index in [1.54, 1.807) is 0 Å². The van der Waals surface area contributed by atoms with Gasteiger partial charge in [0.05, 0.1) is 0 Å². The van der Waals surface area contributed by atoms with Gasteiger partial charge in [-0.05, 0) is 25.5 Å². The van der Waals surface area contributed by atoms with Gasteiger partial charge >= 0.3 is 0 Å². The number of hydrogen-bond donors (Lipinski definition) is 1. The van der Waals surface area contributed by atoms with Crippen LogP contribution in [0.5, 0.6) is 0 Å². The monoisotopic (exact) mass is 193 g/mol. The normalized spacial score (nSPS) is 8.57. The Morgan fingerprint density at radius 3 is 2.50 bits per heavy atom. The minimum Gasteiger partial charge on any atom is -0.385 e. The number of aldehydes is 1. The molecule has 0 spiro atoms. The molecule has 0 bridgehead atoms. The number of carbonyl (C=O) groups is 1. The zero-order valence-corrected chi connectivity index (χ0v) is 9.42. The Kier molecular flexibility index (Phi) is 6.46. The molecule has 0 aliphatic heterocycles. The Hall–Kier alpha value is -1.31. The molecular weight excluding hydrogens is 174 g/mol. The van der Waals surface area contributed by atoms with Crippen LogP contribution in [0.1, 0.15) is 36.7 Å². The van der Waals surface area contributed by atoms with Crippen molar-refractivity contribution in [2.75, 3.05) is 11.9 Å². The molecule has 1 aromatic rings. The van der Waals surface area contributed by atoms with Gasteiger partial charge in [-0.15, -0.1) is 0 Å². The van der Waals surface area contributed by atoms with E-state index in [-0.39, 0.29) is 0 Å². The molecule has 0 aromatic heterocycles. The third-order valence-corrected chi connectivity index (χ3v) is 1.87. The SMILES string of the molecule is CC.CCNc1cccc(C=O)c1C. The summed E-state index contributed by atoms with van der Waals surface area (Å²) < 4.78 is 0. The number of anilines is 1. The lowest BCUT2D eigenvalue weighted by Gasteiger charge is -2.07. The van der Waals surface area contributed by atoms with E-state index in [1.807, 2.05) is 45.9 Å². The number of benzene rings is 1. The highest BCUT2D eigenvalue weighted by Crippen LogP contribution is 2.16. The average molecular weight is 193 g/mol. The first kappa shape index (κ1) is 12.7. The second-order valence-electron chi connectivity index (χ2n) is 2.67. The van der Waals surface area contributed by atoms with Gasteiger partial charge in [0.2, 0.25) is 0 Å². The topological polar surface area (TPSA) is 29.1 Å². The zero-order chi connectivity index (χ0) is 11.0. The van der Waals surface area contributed by atoms with E-state index in [9.17, 15) is 4.79 Å². The van der Waals surface area contributed by atoms with E-state index in [1.165, 1.54) is 0 Å². The van der Waals surface area contributed by atoms with Crippen molar-refractivity contribution < 1.29 is 4.79 Å². The average Bonchev–Trinajstić information content (AvgIpc) is 2.24. The Morgan fingerprint density at radius 1 is 1.36 bits per heavy atom. The minimum absolute atomic E-state index is 0.758. The standard InChI is InChI=1S/C10H13NO.C2H6/c1-3-11-10-6-4-5-9(7-12)8(10)2;1-2/h4-7,11H,3H2,1-2H3;1-2H3. The maximum atomic E-state index is 10.6. The van der Waals surface area contributed by atoms with Crippen LogP contribution in [0.25, 0.3) is 0 Å². The molecule has 2 heteroatoms. The third-order valence-electron chi connectivity index (χ3n) is 1.87. The summed E-state index contributed by atoms with van der Waals surface area (Å²) >= 11 is 0. The van der Waals surface area contributed by atoms with Crippen LogP contribution >= 0.6 is 0 Å². The summed E-state index contributed by atoms with van der Waals surface area (Å²) in [4.78, 5) is 10.6. The molecule has 1 rings (SSSR count). The van der Waals surface area contributed by atoms with Gasteiger partial charge in [0.25, 0.3) is 0 Å². The molecule has 0 radical (unpaired) electrons. The summed E-state index contributed by atoms with van der Waals surface area (Å²) in [6, 6.07) is 5.68. The van der Waals surface area contributed by atoms with E-state index in [4.69, 9.17) is 0 Å². The molecule has 1 N–H and O–H groups in total. The van der Waals surface area contributed by atoms with Gasteiger partial charge < -0.3 is 5.32 Å². The molecule has 0 aliphatic carbocycles. The molecular formula is C12H19NO. The fourth-order valence-electron chi connectivity index (χ4n) is 1.16. The van der Waals surface area contributed by atoms with Crippen molar-refractivity contribution in [3.63, 3.8) is 0 Å². The van der Waals surface area contributed by atoms with Crippen LogP contribution in [0.3, 0.4) is 0 Å². The molecule has 0 fully saturated rings. The minimum atomic E-state index is 0.758. The molecule has 0 aliphatic rings. The molecule has 78 valence electrons. The number of hydrogen-bond acceptors (Lipinski definition) is 2. The predicted molar refractivity (Wildman–Crippen MR) is 62.1 cm³/mol. The highest BCUT2D eigenvalue weighted by Gasteiger charge is 2.00. The van der Waals surface area contributed by atoms with Crippen LogP contribution in [0.15, 0.2) is 18.2 Å². The molecule has 0 amide bonds. The Balaban J connectivity index is 0.000000791. The van der Waals surface area contributed by atoms with Gasteiger partial charge in [-0.1, -0.05) is 26.0 Å². The second kappa shape index (κ2) is 7.13. The Bertz CT molecular complexity index is 282. The van der Waals surface area contributed by atoms with Crippen LogP contribution in [-0.2, 0) is 0 Å². The molecule has 0 saturated carbocycles. The van der Waals surface area contributed by atoms with Crippen molar-refractivity contribution >= 4 is 12.0 Å². The smallest absolute Gasteiger partial charge is 0.150 e. The number of carbonyl (C=O) groups excluding carboxylic acids is 1. The van der Waals surface area contributed by atoms with Crippen molar-refractivity contribution in [1.29, 1.82) is 0 Å². The van der Waals surface area contributed by atoms with Gasteiger partial charge in [-0.25, -0.2) is 0 Å². The molecule has 0 heterocycles. The molecule has 0 saturated heterocycles. The Morgan fingerprint density at radius 2 is 2.00 bits per heavy atom. The zero-order valence-electron chi connectivity index (χ0n) is 9.42. The van der Waals surface area contributed by atoms with Crippen molar-refractivity contribution in [3.05, 3.63) is 29.3 Å². The van der Waals surface area contributed by atoms with Crippen LogP contribution in [-0.4, -0.2) is 12.8 Å². The third kappa shape index (κ3) is 3.21. The maximum Gasteiger partial charge on any atom is 0.150 e. The summed E-state index contributed by atoms with van der Waals surface area (Å²) in [6.07, 6.45) is 0.885. The molecule has 1 aromatic carbocycles. The molecule has 2 nitrogen and oxygen atoms in total. The molecule has 14 heavy (non-hydrogen) atoms. The fourth-order valence-corrected chi connectivity index (χ4v) is 1.16. The first-order valence-electron chi connectivity index (χ1n) is 5.08. The second-order valence-corrected chi connectivity index (χ2v) is 2.67. The fraction of sp³-hybridized carbons (Fsp3) is 0.417. The highest BCUT2D eigenvalue weighted by atomic mass is 16.1. The van der Waals surface area contributed by atoms with Gasteiger partial charge in [-0.3, -0.25) is 4.79 Å². The summed E-state index contributed by atoms with van der Waals surface area (Å²) in [6.45, 7) is 8.86. The van der Waals surface area contributed by atoms with Crippen molar-refractivity contribution in [2.45, 2.75) is 27.7 Å². The maximum absolute atomic E-state index is 10.6. The Labute approximate surface area is 86.3 Å². The van der Waals surface area contributed by atoms with E-state index in [2.05, 4.69) is 5.32 Å². The van der Waals surface area contributed by atoms with E-state index in [0.29, 0.717) is 0 Å². The van der Waals surface area contributed by atoms with E-state index >= 15 is 0 Å². The summed E-state index contributed by atoms with van der Waals surface area (Å²) in [7, 11) is 0. The first-order chi connectivity index (χ1) is 6.79. The van der Waals surface area contributed by atoms with E-state index in [0.717, 1.165) is 29.6 Å². The lowest BCUT2D eigenvalue weighted by atomic mass is 10.1. The van der Waals surface area contributed by atoms with Gasteiger partial charge in [0.1, 0.15) is 6.29 Å². The lowest BCUT2D eigenvalue weighted by molar-refractivity contribution is 0.112. The van der Waals surface area contributed by atoms with Crippen LogP contribution < -0.4 is 5.32 Å². The largest absolute Gasteiger partial charge is 0.385 e. The van der Waals surface area contributed by atoms with Crippen LogP contribution in [0, 0.1) is 6.92 Å². The van der Waals surface area contributed by atoms with Gasteiger partial charge in [-0.2, -0.15) is 0 Å². The number of rotatable bonds is 3. The van der Waals surface area contributed by atoms with Crippen LogP contribution in [0.2, 0.25) is 0 Å². The summed E-state index contributed by atoms with van der Waals surface area (Å²) in [5.74, 6) is 0. The van der Waals surface area contributed by atoms with E-state index < -0.39 is 0 Å².